The van der Waals surface area contributed by atoms with Crippen molar-refractivity contribution in [3.8, 4) is 5.75 Å². The average Bonchev–Trinajstić information content (AvgIpc) is 3.30. The van der Waals surface area contributed by atoms with Crippen LogP contribution in [0, 0.1) is 18.8 Å². The summed E-state index contributed by atoms with van der Waals surface area (Å²) in [4.78, 5) is 17.5. The van der Waals surface area contributed by atoms with Gasteiger partial charge in [-0.2, -0.15) is 0 Å². The number of carbonyl (C=O) groups is 1. The number of rotatable bonds is 16. The molecule has 294 valence electrons. The summed E-state index contributed by atoms with van der Waals surface area (Å²) in [6.07, 6.45) is 20.4. The van der Waals surface area contributed by atoms with Gasteiger partial charge in [0.05, 0.1) is 0 Å². The third-order valence-corrected chi connectivity index (χ3v) is 9.59. The molecule has 52 heavy (non-hydrogen) atoms. The highest BCUT2D eigenvalue weighted by atomic mass is 16.3. The number of aryl methyl sites for hydroxylation is 1. The number of benzene rings is 1. The zero-order valence-corrected chi connectivity index (χ0v) is 36.2. The largest absolute Gasteiger partial charge is 0.507 e. The van der Waals surface area contributed by atoms with Gasteiger partial charge in [0.2, 0.25) is 0 Å². The Morgan fingerprint density at radius 3 is 2.10 bits per heavy atom. The van der Waals surface area contributed by atoms with E-state index in [4.69, 9.17) is 10.7 Å². The van der Waals surface area contributed by atoms with Crippen LogP contribution < -0.4 is 11.1 Å². The van der Waals surface area contributed by atoms with Crippen LogP contribution in [0.2, 0.25) is 0 Å². The lowest BCUT2D eigenvalue weighted by Gasteiger charge is -2.15. The van der Waals surface area contributed by atoms with Gasteiger partial charge in [0.15, 0.2) is 5.78 Å². The van der Waals surface area contributed by atoms with Crippen LogP contribution in [0.1, 0.15) is 166 Å². The zero-order valence-electron chi connectivity index (χ0n) is 36.2. The lowest BCUT2D eigenvalue weighted by Crippen LogP contribution is -2.23. The van der Waals surface area contributed by atoms with Crippen LogP contribution in [-0.2, 0) is 4.79 Å². The normalized spacial score (nSPS) is 14.5. The van der Waals surface area contributed by atoms with E-state index >= 15 is 0 Å². The molecule has 4 N–H and O–H groups in total. The number of ketones is 1. The van der Waals surface area contributed by atoms with E-state index in [1.807, 2.05) is 53.0 Å². The minimum absolute atomic E-state index is 0.0928. The average molecular weight is 718 g/mol. The fourth-order valence-corrected chi connectivity index (χ4v) is 5.90. The summed E-state index contributed by atoms with van der Waals surface area (Å²) in [7, 11) is 0. The molecular formula is C47H79N3O2. The Morgan fingerprint density at radius 2 is 1.62 bits per heavy atom. The summed E-state index contributed by atoms with van der Waals surface area (Å²) >= 11 is 0. The molecule has 0 aliphatic carbocycles. The Morgan fingerprint density at radius 1 is 0.981 bits per heavy atom. The van der Waals surface area contributed by atoms with Gasteiger partial charge in [-0.3, -0.25) is 4.79 Å². The van der Waals surface area contributed by atoms with Gasteiger partial charge in [-0.15, -0.1) is 0 Å². The van der Waals surface area contributed by atoms with Gasteiger partial charge in [-0.05, 0) is 114 Å². The van der Waals surface area contributed by atoms with Crippen molar-refractivity contribution in [3.63, 3.8) is 0 Å². The summed E-state index contributed by atoms with van der Waals surface area (Å²) < 4.78 is 0. The Labute approximate surface area is 321 Å². The maximum atomic E-state index is 12.7. The molecule has 5 heteroatoms. The van der Waals surface area contributed by atoms with Crippen molar-refractivity contribution in [1.82, 2.24) is 5.32 Å². The Balaban J connectivity index is 0. The van der Waals surface area contributed by atoms with E-state index in [0.29, 0.717) is 17.6 Å². The van der Waals surface area contributed by atoms with E-state index in [0.717, 1.165) is 65.9 Å². The Kier molecular flexibility index (Phi) is 29.3. The zero-order chi connectivity index (χ0) is 40.2. The molecule has 1 atom stereocenters. The topological polar surface area (TPSA) is 87.7 Å². The number of phenolic OH excluding ortho intramolecular Hbond substituents is 1. The molecule has 0 bridgehead atoms. The predicted molar refractivity (Wildman–Crippen MR) is 233 cm³/mol. The molecule has 1 unspecified atom stereocenters. The SMILES string of the molecule is CC.CC.CCC(CC)CCCC(C)CN.C\C=C(/C=C\C(NC1=NC=C(/C=C(\C(C)=O)c2c(C)cccc2O)C(CC)=C(C)C1)=C(\C)CC)CC. The van der Waals surface area contributed by atoms with E-state index in [1.165, 1.54) is 48.8 Å². The number of amidine groups is 1. The number of allylic oxidation sites excluding steroid dienone is 9. The predicted octanol–water partition coefficient (Wildman–Crippen LogP) is 13.5. The first kappa shape index (κ1) is 50.7. The molecule has 5 nitrogen and oxygen atoms in total. The second kappa shape index (κ2) is 30.1. The fourth-order valence-electron chi connectivity index (χ4n) is 5.90. The molecule has 0 saturated heterocycles. The highest BCUT2D eigenvalue weighted by molar-refractivity contribution is 6.21. The van der Waals surface area contributed by atoms with Crippen LogP contribution in [0.4, 0.5) is 0 Å². The van der Waals surface area contributed by atoms with Gasteiger partial charge in [-0.1, -0.05) is 136 Å². The van der Waals surface area contributed by atoms with E-state index in [2.05, 4.69) is 85.9 Å². The number of Topliss-reactive ketones (excluding diaryl/α,β-unsaturated/α-hetero) is 1. The molecule has 0 spiro atoms. The number of aromatic hydroxyl groups is 1. The molecule has 0 amide bonds. The summed E-state index contributed by atoms with van der Waals surface area (Å²) in [6.45, 7) is 31.9. The molecule has 1 heterocycles. The summed E-state index contributed by atoms with van der Waals surface area (Å²) in [5.74, 6) is 2.56. The molecule has 0 fully saturated rings. The van der Waals surface area contributed by atoms with Gasteiger partial charge in [0.25, 0.3) is 0 Å². The number of carbonyl (C=O) groups excluding carboxylic acids is 1. The summed E-state index contributed by atoms with van der Waals surface area (Å²) in [5, 5.41) is 14.1. The summed E-state index contributed by atoms with van der Waals surface area (Å²) in [5.41, 5.74) is 14.4. The van der Waals surface area contributed by atoms with Gasteiger partial charge in [0.1, 0.15) is 11.6 Å². The van der Waals surface area contributed by atoms with Crippen molar-refractivity contribution >= 4 is 17.2 Å². The molecule has 0 radical (unpaired) electrons. The molecule has 1 aromatic rings. The van der Waals surface area contributed by atoms with Crippen molar-refractivity contribution in [1.29, 1.82) is 0 Å². The standard InChI is InChI=1S/C32H42N2O2.C11H25N.2C2H6/c1-9-21(5)29(17-16-25(10-2)11-3)34-31-18-23(7)27(12-4)26(20-33-31)19-28(24(8)35)32-22(6)14-13-15-30(32)36;1-4-11(5-2)8-6-7-10(3)9-12;2*1-2/h10,13-17,19-20,36H,9,11-12,18H2,1-8H3,(H,33,34);10-11H,4-9,12H2,1-3H3;2*1-2H3/b17-16-,25-10-,28-19+,29-21+;;;. The monoisotopic (exact) mass is 718 g/mol. The van der Waals surface area contributed by atoms with Crippen LogP contribution in [0.15, 0.2) is 87.3 Å². The first-order chi connectivity index (χ1) is 24.9. The maximum Gasteiger partial charge on any atom is 0.160 e. The molecule has 0 aromatic heterocycles. The number of aliphatic imine (C=N–C) groups is 1. The van der Waals surface area contributed by atoms with Crippen molar-refractivity contribution in [2.45, 2.75) is 162 Å². The smallest absolute Gasteiger partial charge is 0.160 e. The number of nitrogens with one attached hydrogen (secondary N) is 1. The molecular weight excluding hydrogens is 639 g/mol. The van der Waals surface area contributed by atoms with Crippen LogP contribution >= 0.6 is 0 Å². The quantitative estimate of drug-likeness (QED) is 0.117. The molecule has 0 saturated carbocycles. The highest BCUT2D eigenvalue weighted by Crippen LogP contribution is 2.33. The Bertz CT molecular complexity index is 1380. The Hall–Kier alpha value is -3.44. The first-order valence-corrected chi connectivity index (χ1v) is 20.4. The van der Waals surface area contributed by atoms with Crippen molar-refractivity contribution < 1.29 is 9.90 Å². The fraction of sp³-hybridized carbons (Fsp3) is 0.574. The number of hydrogen-bond donors (Lipinski definition) is 3. The molecule has 1 aliphatic heterocycles. The number of phenols is 1. The van der Waals surface area contributed by atoms with E-state index < -0.39 is 0 Å². The van der Waals surface area contributed by atoms with Crippen LogP contribution in [-0.4, -0.2) is 23.3 Å². The summed E-state index contributed by atoms with van der Waals surface area (Å²) in [6, 6.07) is 5.32. The first-order valence-electron chi connectivity index (χ1n) is 20.4. The van der Waals surface area contributed by atoms with Crippen LogP contribution in [0.25, 0.3) is 5.57 Å². The minimum atomic E-state index is -0.0928. The maximum absolute atomic E-state index is 12.7. The van der Waals surface area contributed by atoms with Crippen LogP contribution in [0.5, 0.6) is 5.75 Å². The van der Waals surface area contributed by atoms with Gasteiger partial charge >= 0.3 is 0 Å². The lowest BCUT2D eigenvalue weighted by molar-refractivity contribution is -0.111. The molecule has 2 rings (SSSR count). The lowest BCUT2D eigenvalue weighted by atomic mass is 9.91. The van der Waals surface area contributed by atoms with Crippen molar-refractivity contribution in [3.05, 3.63) is 93.4 Å². The highest BCUT2D eigenvalue weighted by Gasteiger charge is 2.19. The van der Waals surface area contributed by atoms with Crippen molar-refractivity contribution in [2.75, 3.05) is 6.54 Å². The third kappa shape index (κ3) is 18.4. The van der Waals surface area contributed by atoms with Crippen molar-refractivity contribution in [2.24, 2.45) is 22.6 Å². The second-order valence-electron chi connectivity index (χ2n) is 13.2. The number of nitrogens with two attached hydrogens (primary N) is 1. The third-order valence-electron chi connectivity index (χ3n) is 9.59. The van der Waals surface area contributed by atoms with Crippen LogP contribution in [0.3, 0.4) is 0 Å². The number of hydrogen-bond acceptors (Lipinski definition) is 5. The van der Waals surface area contributed by atoms with Gasteiger partial charge < -0.3 is 16.2 Å². The number of nitrogens with zero attached hydrogens (tertiary/aromatic N) is 1. The van der Waals surface area contributed by atoms with Gasteiger partial charge in [-0.25, -0.2) is 4.99 Å². The molecule has 1 aromatic carbocycles. The van der Waals surface area contributed by atoms with E-state index in [1.54, 1.807) is 19.1 Å². The van der Waals surface area contributed by atoms with E-state index in [-0.39, 0.29) is 11.5 Å². The second-order valence-corrected chi connectivity index (χ2v) is 13.2. The molecule has 1 aliphatic rings. The van der Waals surface area contributed by atoms with Gasteiger partial charge in [0, 0.05) is 29.5 Å². The van der Waals surface area contributed by atoms with E-state index in [9.17, 15) is 9.90 Å². The minimum Gasteiger partial charge on any atom is -0.507 e.